The maximum Gasteiger partial charge on any atom is 0.280 e. The van der Waals surface area contributed by atoms with Gasteiger partial charge in [0.15, 0.2) is 0 Å². The molecule has 42 heavy (non-hydrogen) atoms. The fourth-order valence-corrected chi connectivity index (χ4v) is 5.84. The molecule has 220 valence electrons. The minimum atomic E-state index is -2.61. The largest absolute Gasteiger partial charge is 0.472 e. The average Bonchev–Trinajstić information content (AvgIpc) is 3.80. The van der Waals surface area contributed by atoms with Gasteiger partial charge in [-0.2, -0.15) is 5.10 Å². The summed E-state index contributed by atoms with van der Waals surface area (Å²) in [6, 6.07) is 14.7. The molecule has 0 unspecified atom stereocenters. The lowest BCUT2D eigenvalue weighted by Gasteiger charge is -2.44. The number of rotatable bonds is 9. The second-order valence-corrected chi connectivity index (χ2v) is 11.4. The Labute approximate surface area is 244 Å². The van der Waals surface area contributed by atoms with Gasteiger partial charge in [0.05, 0.1) is 22.5 Å². The molecule has 2 aromatic heterocycles. The molecule has 0 bridgehead atoms. The Kier molecular flexibility index (Phi) is 7.42. The number of benzene rings is 1. The van der Waals surface area contributed by atoms with E-state index in [1.807, 2.05) is 0 Å². The van der Waals surface area contributed by atoms with Crippen molar-refractivity contribution in [2.24, 2.45) is 0 Å². The number of carbonyl (C=O) groups is 1. The van der Waals surface area contributed by atoms with E-state index in [4.69, 9.17) is 4.74 Å². The lowest BCUT2D eigenvalue weighted by Crippen LogP contribution is -2.52. The van der Waals surface area contributed by atoms with Crippen molar-refractivity contribution in [3.05, 3.63) is 89.6 Å². The Morgan fingerprint density at radius 1 is 1.05 bits per heavy atom. The number of alkyl halides is 2. The number of likely N-dealkylation sites (N-methyl/N-ethyl adjacent to an activating group) is 1. The van der Waals surface area contributed by atoms with E-state index in [1.165, 1.54) is 18.0 Å². The first-order chi connectivity index (χ1) is 20.3. The Morgan fingerprint density at radius 3 is 2.36 bits per heavy atom. The maximum atomic E-state index is 13.2. The zero-order valence-electron chi connectivity index (χ0n) is 23.7. The Balaban J connectivity index is 0.987. The third-order valence-electron chi connectivity index (χ3n) is 8.96. The van der Waals surface area contributed by atoms with E-state index in [1.54, 1.807) is 18.2 Å². The molecule has 1 spiro atoms. The molecule has 1 saturated carbocycles. The Bertz CT molecular complexity index is 1420. The SMILES string of the molecule is C=C1NCC2(CCN(c3ccc(CNC(=O)C4(c5ccc(OCc6ccc(C(F)F)nc6)nn5)CC4)cc3)CC2)N1C. The number of nitrogens with one attached hydrogen (secondary N) is 2. The summed E-state index contributed by atoms with van der Waals surface area (Å²) in [5, 5.41) is 14.9. The topological polar surface area (TPSA) is 95.5 Å². The summed E-state index contributed by atoms with van der Waals surface area (Å²) in [4.78, 5) is 21.6. The van der Waals surface area contributed by atoms with Crippen LogP contribution in [0.15, 0.2) is 67.1 Å². The molecule has 4 heterocycles. The summed E-state index contributed by atoms with van der Waals surface area (Å²) >= 11 is 0. The van der Waals surface area contributed by atoms with Crippen LogP contribution in [0.3, 0.4) is 0 Å². The number of nitrogens with zero attached hydrogens (tertiary/aromatic N) is 5. The molecule has 3 aliphatic rings. The number of ether oxygens (including phenoxy) is 1. The highest BCUT2D eigenvalue weighted by molar-refractivity contribution is 5.90. The monoisotopic (exact) mass is 575 g/mol. The van der Waals surface area contributed by atoms with E-state index in [2.05, 4.69) is 73.5 Å². The molecule has 2 aliphatic heterocycles. The highest BCUT2D eigenvalue weighted by Gasteiger charge is 2.53. The molecule has 2 saturated heterocycles. The number of amides is 1. The predicted octanol–water partition coefficient (Wildman–Crippen LogP) is 4.08. The fourth-order valence-electron chi connectivity index (χ4n) is 5.84. The molecule has 3 fully saturated rings. The lowest BCUT2D eigenvalue weighted by atomic mass is 9.87. The molecular weight excluding hydrogens is 540 g/mol. The summed E-state index contributed by atoms with van der Waals surface area (Å²) in [7, 11) is 2.13. The van der Waals surface area contributed by atoms with Gasteiger partial charge in [0, 0.05) is 56.7 Å². The van der Waals surface area contributed by atoms with Crippen LogP contribution in [0.2, 0.25) is 0 Å². The normalized spacial score (nSPS) is 18.7. The first kappa shape index (κ1) is 27.9. The molecule has 1 aliphatic carbocycles. The number of aromatic nitrogens is 3. The first-order valence-corrected chi connectivity index (χ1v) is 14.3. The van der Waals surface area contributed by atoms with Crippen molar-refractivity contribution < 1.29 is 18.3 Å². The van der Waals surface area contributed by atoms with E-state index in [0.29, 0.717) is 30.6 Å². The molecule has 1 amide bonds. The van der Waals surface area contributed by atoms with Gasteiger partial charge in [-0.05, 0) is 55.5 Å². The molecule has 6 rings (SSSR count). The number of halogens is 2. The van der Waals surface area contributed by atoms with E-state index in [-0.39, 0.29) is 29.6 Å². The fraction of sp³-hybridized carbons (Fsp3) is 0.419. The van der Waals surface area contributed by atoms with Crippen LogP contribution >= 0.6 is 0 Å². The maximum absolute atomic E-state index is 13.2. The van der Waals surface area contributed by atoms with Crippen LogP contribution in [-0.4, -0.2) is 58.2 Å². The number of hydrogen-bond acceptors (Lipinski definition) is 8. The van der Waals surface area contributed by atoms with E-state index < -0.39 is 11.8 Å². The standard InChI is InChI=1S/C31H35F2N7O2/c1-21-36-20-30(39(21)2)13-15-40(16-14-30)24-6-3-22(4-7-24)17-35-29(41)31(11-12-31)26-9-10-27(38-37-26)42-19-23-5-8-25(28(32)33)34-18-23/h3-10,18,28,36H,1,11-17,19-20H2,2H3,(H,35,41). The van der Waals surface area contributed by atoms with Gasteiger partial charge in [0.2, 0.25) is 11.8 Å². The predicted molar refractivity (Wildman–Crippen MR) is 154 cm³/mol. The summed E-state index contributed by atoms with van der Waals surface area (Å²) in [6.07, 6.45) is 2.34. The van der Waals surface area contributed by atoms with Gasteiger partial charge in [-0.15, -0.1) is 5.10 Å². The van der Waals surface area contributed by atoms with Crippen molar-refractivity contribution in [1.82, 2.24) is 30.7 Å². The van der Waals surface area contributed by atoms with Gasteiger partial charge in [-0.1, -0.05) is 24.8 Å². The number of piperidine rings is 1. The molecule has 9 nitrogen and oxygen atoms in total. The highest BCUT2D eigenvalue weighted by Crippen LogP contribution is 2.47. The Hall–Kier alpha value is -4.28. The highest BCUT2D eigenvalue weighted by atomic mass is 19.3. The summed E-state index contributed by atoms with van der Waals surface area (Å²) < 4.78 is 31.0. The summed E-state index contributed by atoms with van der Waals surface area (Å²) in [5.41, 5.74) is 2.71. The van der Waals surface area contributed by atoms with Gasteiger partial charge in [0.25, 0.3) is 6.43 Å². The van der Waals surface area contributed by atoms with E-state index in [0.717, 1.165) is 43.9 Å². The Morgan fingerprint density at radius 2 is 1.79 bits per heavy atom. The number of anilines is 1. The number of hydrogen-bond donors (Lipinski definition) is 2. The summed E-state index contributed by atoms with van der Waals surface area (Å²) in [5.74, 6) is 1.24. The van der Waals surface area contributed by atoms with Crippen molar-refractivity contribution in [3.8, 4) is 5.88 Å². The van der Waals surface area contributed by atoms with Crippen molar-refractivity contribution in [3.63, 3.8) is 0 Å². The molecule has 1 aromatic carbocycles. The molecule has 2 N–H and O–H groups in total. The first-order valence-electron chi connectivity index (χ1n) is 14.3. The lowest BCUT2D eigenvalue weighted by molar-refractivity contribution is -0.123. The van der Waals surface area contributed by atoms with Crippen molar-refractivity contribution in [1.29, 1.82) is 0 Å². The van der Waals surface area contributed by atoms with E-state index >= 15 is 0 Å². The molecule has 0 atom stereocenters. The van der Waals surface area contributed by atoms with Crippen LogP contribution in [-0.2, 0) is 23.4 Å². The van der Waals surface area contributed by atoms with Crippen LogP contribution in [0.1, 0.15) is 54.6 Å². The van der Waals surface area contributed by atoms with E-state index in [9.17, 15) is 13.6 Å². The number of carbonyl (C=O) groups excluding carboxylic acids is 1. The van der Waals surface area contributed by atoms with Gasteiger partial charge >= 0.3 is 0 Å². The van der Waals surface area contributed by atoms with Crippen LogP contribution < -0.4 is 20.3 Å². The van der Waals surface area contributed by atoms with Gasteiger partial charge in [0.1, 0.15) is 12.3 Å². The third-order valence-corrected chi connectivity index (χ3v) is 8.96. The zero-order valence-corrected chi connectivity index (χ0v) is 23.7. The van der Waals surface area contributed by atoms with Gasteiger partial charge in [-0.25, -0.2) is 8.78 Å². The van der Waals surface area contributed by atoms with Crippen molar-refractivity contribution in [2.45, 2.75) is 56.2 Å². The van der Waals surface area contributed by atoms with Gasteiger partial charge < -0.3 is 25.2 Å². The second kappa shape index (κ2) is 11.2. The third kappa shape index (κ3) is 5.47. The van der Waals surface area contributed by atoms with Crippen LogP contribution in [0, 0.1) is 0 Å². The van der Waals surface area contributed by atoms with Crippen molar-refractivity contribution in [2.75, 3.05) is 31.6 Å². The molecule has 3 aromatic rings. The van der Waals surface area contributed by atoms with Crippen molar-refractivity contribution >= 4 is 11.6 Å². The summed E-state index contributed by atoms with van der Waals surface area (Å²) in [6.45, 7) is 7.62. The van der Waals surface area contributed by atoms with Crippen LogP contribution in [0.4, 0.5) is 14.5 Å². The second-order valence-electron chi connectivity index (χ2n) is 11.4. The molecule has 0 radical (unpaired) electrons. The molecule has 11 heteroatoms. The van der Waals surface area contributed by atoms with Crippen LogP contribution in [0.25, 0.3) is 0 Å². The minimum absolute atomic E-state index is 0.0584. The quantitative estimate of drug-likeness (QED) is 0.394. The zero-order chi connectivity index (χ0) is 29.3. The smallest absolute Gasteiger partial charge is 0.280 e. The average molecular weight is 576 g/mol. The van der Waals surface area contributed by atoms with Gasteiger partial charge in [-0.3, -0.25) is 9.78 Å². The number of pyridine rings is 1. The minimum Gasteiger partial charge on any atom is -0.472 e. The van der Waals surface area contributed by atoms with Crippen LogP contribution in [0.5, 0.6) is 5.88 Å². The molecular formula is C31H35F2N7O2.